The molecule has 2 aliphatic rings. The Labute approximate surface area is 166 Å². The number of likely N-dealkylation sites (tertiary alicyclic amines) is 2. The Balaban J connectivity index is 1.58. The summed E-state index contributed by atoms with van der Waals surface area (Å²) in [5.41, 5.74) is 0.446. The SMILES string of the molecule is CCOC(=O)N1CCC(Nc2nccc(C(=O)N3CCCCC3CC)n2)CC1. The Hall–Kier alpha value is -2.38. The second-order valence-corrected chi connectivity index (χ2v) is 7.43. The predicted octanol–water partition coefficient (Wildman–Crippen LogP) is 2.91. The van der Waals surface area contributed by atoms with Crippen LogP contribution < -0.4 is 5.32 Å². The number of aromatic nitrogens is 2. The summed E-state index contributed by atoms with van der Waals surface area (Å²) in [5.74, 6) is 0.472. The molecule has 1 N–H and O–H groups in total. The normalized spacial score (nSPS) is 20.7. The van der Waals surface area contributed by atoms with Crippen LogP contribution in [0, 0.1) is 0 Å². The number of hydrogen-bond donors (Lipinski definition) is 1. The third-order valence-electron chi connectivity index (χ3n) is 5.59. The first-order valence-electron chi connectivity index (χ1n) is 10.4. The first-order chi connectivity index (χ1) is 13.6. The number of nitrogens with one attached hydrogen (secondary N) is 1. The molecule has 28 heavy (non-hydrogen) atoms. The molecule has 3 rings (SSSR count). The minimum atomic E-state index is -0.253. The maximum absolute atomic E-state index is 12.9. The molecule has 3 heterocycles. The van der Waals surface area contributed by atoms with E-state index in [1.165, 1.54) is 6.42 Å². The van der Waals surface area contributed by atoms with Crippen molar-refractivity contribution in [2.75, 3.05) is 31.6 Å². The van der Waals surface area contributed by atoms with Gasteiger partial charge in [-0.1, -0.05) is 6.92 Å². The fourth-order valence-corrected chi connectivity index (χ4v) is 3.99. The van der Waals surface area contributed by atoms with Gasteiger partial charge in [0.2, 0.25) is 5.95 Å². The fourth-order valence-electron chi connectivity index (χ4n) is 3.99. The van der Waals surface area contributed by atoms with Crippen LogP contribution in [0.4, 0.5) is 10.7 Å². The van der Waals surface area contributed by atoms with Crippen LogP contribution in [0.15, 0.2) is 12.3 Å². The summed E-state index contributed by atoms with van der Waals surface area (Å²) in [6.45, 7) is 6.41. The molecule has 2 saturated heterocycles. The van der Waals surface area contributed by atoms with Crippen LogP contribution in [0.1, 0.15) is 62.9 Å². The van der Waals surface area contributed by atoms with Gasteiger partial charge in [0, 0.05) is 37.9 Å². The van der Waals surface area contributed by atoms with Gasteiger partial charge in [-0.05, 0) is 51.5 Å². The Kier molecular flexibility index (Phi) is 7.06. The minimum Gasteiger partial charge on any atom is -0.450 e. The van der Waals surface area contributed by atoms with E-state index >= 15 is 0 Å². The molecule has 8 nitrogen and oxygen atoms in total. The second kappa shape index (κ2) is 9.71. The van der Waals surface area contributed by atoms with Crippen LogP contribution in [0.5, 0.6) is 0 Å². The van der Waals surface area contributed by atoms with E-state index < -0.39 is 0 Å². The first kappa shape index (κ1) is 20.4. The monoisotopic (exact) mass is 389 g/mol. The van der Waals surface area contributed by atoms with Gasteiger partial charge in [-0.2, -0.15) is 0 Å². The molecule has 0 spiro atoms. The smallest absolute Gasteiger partial charge is 0.409 e. The Morgan fingerprint density at radius 2 is 1.96 bits per heavy atom. The third-order valence-corrected chi connectivity index (χ3v) is 5.59. The molecule has 0 radical (unpaired) electrons. The number of piperidine rings is 2. The lowest BCUT2D eigenvalue weighted by atomic mass is 9.99. The van der Waals surface area contributed by atoms with Crippen LogP contribution in [0.3, 0.4) is 0 Å². The summed E-state index contributed by atoms with van der Waals surface area (Å²) in [7, 11) is 0. The van der Waals surface area contributed by atoms with E-state index in [9.17, 15) is 9.59 Å². The molecule has 1 unspecified atom stereocenters. The molecule has 2 fully saturated rings. The number of anilines is 1. The molecule has 0 aromatic carbocycles. The summed E-state index contributed by atoms with van der Waals surface area (Å²) in [4.78, 5) is 37.2. The highest BCUT2D eigenvalue weighted by Crippen LogP contribution is 2.22. The average molecular weight is 390 g/mol. The second-order valence-electron chi connectivity index (χ2n) is 7.43. The van der Waals surface area contributed by atoms with Gasteiger partial charge in [0.15, 0.2) is 0 Å². The highest BCUT2D eigenvalue weighted by molar-refractivity contribution is 5.92. The van der Waals surface area contributed by atoms with E-state index in [1.54, 1.807) is 17.2 Å². The number of amides is 2. The van der Waals surface area contributed by atoms with Gasteiger partial charge in [-0.15, -0.1) is 0 Å². The number of carbonyl (C=O) groups is 2. The van der Waals surface area contributed by atoms with E-state index in [4.69, 9.17) is 4.74 Å². The highest BCUT2D eigenvalue weighted by atomic mass is 16.6. The van der Waals surface area contributed by atoms with Crippen molar-refractivity contribution in [3.63, 3.8) is 0 Å². The molecule has 0 aliphatic carbocycles. The van der Waals surface area contributed by atoms with Gasteiger partial charge < -0.3 is 19.9 Å². The summed E-state index contributed by atoms with van der Waals surface area (Å²) in [6, 6.07) is 2.17. The van der Waals surface area contributed by atoms with E-state index in [1.807, 2.05) is 11.8 Å². The molecule has 1 aromatic heterocycles. The van der Waals surface area contributed by atoms with Crippen molar-refractivity contribution in [2.24, 2.45) is 0 Å². The molecule has 2 aliphatic heterocycles. The lowest BCUT2D eigenvalue weighted by Gasteiger charge is -2.35. The summed E-state index contributed by atoms with van der Waals surface area (Å²) in [5, 5.41) is 3.32. The summed E-state index contributed by atoms with van der Waals surface area (Å²) in [6.07, 6.45) is 7.26. The minimum absolute atomic E-state index is 0.00543. The summed E-state index contributed by atoms with van der Waals surface area (Å²) >= 11 is 0. The molecular weight excluding hydrogens is 358 g/mol. The highest BCUT2D eigenvalue weighted by Gasteiger charge is 2.28. The van der Waals surface area contributed by atoms with Crippen molar-refractivity contribution in [2.45, 2.75) is 64.5 Å². The zero-order chi connectivity index (χ0) is 19.9. The Morgan fingerprint density at radius 1 is 1.18 bits per heavy atom. The van der Waals surface area contributed by atoms with E-state index in [0.717, 1.165) is 38.6 Å². The Bertz CT molecular complexity index is 676. The third kappa shape index (κ3) is 4.91. The number of nitrogens with zero attached hydrogens (tertiary/aromatic N) is 4. The fraction of sp³-hybridized carbons (Fsp3) is 0.700. The number of hydrogen-bond acceptors (Lipinski definition) is 6. The molecule has 1 aromatic rings. The maximum Gasteiger partial charge on any atom is 0.409 e. The topological polar surface area (TPSA) is 87.7 Å². The lowest BCUT2D eigenvalue weighted by Crippen LogP contribution is -2.44. The molecule has 8 heteroatoms. The van der Waals surface area contributed by atoms with Gasteiger partial charge in [0.05, 0.1) is 6.61 Å². The quantitative estimate of drug-likeness (QED) is 0.833. The van der Waals surface area contributed by atoms with E-state index in [-0.39, 0.29) is 18.0 Å². The van der Waals surface area contributed by atoms with Crippen molar-refractivity contribution in [3.05, 3.63) is 18.0 Å². The van der Waals surface area contributed by atoms with Crippen LogP contribution in [-0.4, -0.2) is 70.1 Å². The van der Waals surface area contributed by atoms with Gasteiger partial charge >= 0.3 is 6.09 Å². The lowest BCUT2D eigenvalue weighted by molar-refractivity contribution is 0.0601. The summed E-state index contributed by atoms with van der Waals surface area (Å²) < 4.78 is 5.05. The van der Waals surface area contributed by atoms with Crippen molar-refractivity contribution in [1.29, 1.82) is 0 Å². The van der Waals surface area contributed by atoms with Gasteiger partial charge in [0.25, 0.3) is 5.91 Å². The van der Waals surface area contributed by atoms with Gasteiger partial charge in [-0.3, -0.25) is 4.79 Å². The average Bonchev–Trinajstić information content (AvgIpc) is 2.74. The molecule has 2 amide bonds. The molecular formula is C20H31N5O3. The first-order valence-corrected chi connectivity index (χ1v) is 10.4. The molecule has 0 saturated carbocycles. The van der Waals surface area contributed by atoms with Gasteiger partial charge in [0.1, 0.15) is 5.69 Å². The van der Waals surface area contributed by atoms with Crippen LogP contribution in [0.2, 0.25) is 0 Å². The standard InChI is InChI=1S/C20H31N5O3/c1-3-16-7-5-6-12-25(16)18(26)17-8-11-21-19(23-17)22-15-9-13-24(14-10-15)20(27)28-4-2/h8,11,15-16H,3-7,9-10,12-14H2,1-2H3,(H,21,22,23). The largest absolute Gasteiger partial charge is 0.450 e. The van der Waals surface area contributed by atoms with E-state index in [0.29, 0.717) is 37.4 Å². The van der Waals surface area contributed by atoms with Crippen LogP contribution >= 0.6 is 0 Å². The van der Waals surface area contributed by atoms with Crippen molar-refractivity contribution < 1.29 is 14.3 Å². The zero-order valence-electron chi connectivity index (χ0n) is 16.9. The number of rotatable bonds is 5. The zero-order valence-corrected chi connectivity index (χ0v) is 16.9. The van der Waals surface area contributed by atoms with Crippen molar-refractivity contribution in [3.8, 4) is 0 Å². The van der Waals surface area contributed by atoms with Crippen molar-refractivity contribution in [1.82, 2.24) is 19.8 Å². The molecule has 0 bridgehead atoms. The van der Waals surface area contributed by atoms with E-state index in [2.05, 4.69) is 22.2 Å². The maximum atomic E-state index is 12.9. The van der Waals surface area contributed by atoms with Gasteiger partial charge in [-0.25, -0.2) is 14.8 Å². The molecule has 154 valence electrons. The molecule has 1 atom stereocenters. The number of carbonyl (C=O) groups excluding carboxylic acids is 2. The van der Waals surface area contributed by atoms with Crippen LogP contribution in [0.25, 0.3) is 0 Å². The van der Waals surface area contributed by atoms with Crippen LogP contribution in [-0.2, 0) is 4.74 Å². The predicted molar refractivity (Wildman–Crippen MR) is 106 cm³/mol. The number of ether oxygens (including phenoxy) is 1. The Morgan fingerprint density at radius 3 is 2.68 bits per heavy atom. The van der Waals surface area contributed by atoms with Crippen molar-refractivity contribution >= 4 is 17.9 Å².